The summed E-state index contributed by atoms with van der Waals surface area (Å²) < 4.78 is 11.1. The van der Waals surface area contributed by atoms with Crippen LogP contribution >= 0.6 is 0 Å². The van der Waals surface area contributed by atoms with E-state index in [1.165, 1.54) is 0 Å². The summed E-state index contributed by atoms with van der Waals surface area (Å²) in [5.74, 6) is 0. The Morgan fingerprint density at radius 2 is 1.25 bits per heavy atom. The van der Waals surface area contributed by atoms with Crippen LogP contribution in [-0.2, 0) is 0 Å². The van der Waals surface area contributed by atoms with E-state index in [9.17, 15) is 4.39 Å². The molecule has 0 fully saturated rings. The molecule has 0 aromatic carbocycles. The molecule has 12 heavy (non-hydrogen) atoms. The minimum absolute atomic E-state index is 0.0648. The van der Waals surface area contributed by atoms with Crippen molar-refractivity contribution >= 4 is 0 Å². The number of rotatable bonds is 4. The molecule has 0 aliphatic rings. The summed E-state index contributed by atoms with van der Waals surface area (Å²) >= 11 is 0. The van der Waals surface area contributed by atoms with Crippen LogP contribution in [0.1, 0.15) is 40.0 Å². The first kappa shape index (κ1) is 14.4. The minimum Gasteiger partial charge on any atom is -0.393 e. The topological polar surface area (TPSA) is 40.5 Å². The zero-order chi connectivity index (χ0) is 9.98. The summed E-state index contributed by atoms with van der Waals surface area (Å²) in [4.78, 5) is 0. The van der Waals surface area contributed by atoms with E-state index in [2.05, 4.69) is 0 Å². The van der Waals surface area contributed by atoms with E-state index >= 15 is 0 Å². The van der Waals surface area contributed by atoms with Crippen molar-refractivity contribution in [1.82, 2.24) is 0 Å². The van der Waals surface area contributed by atoms with Gasteiger partial charge in [0, 0.05) is 0 Å². The number of hydrogen-bond acceptors (Lipinski definition) is 2. The highest BCUT2D eigenvalue weighted by Gasteiger charge is 1.94. The maximum atomic E-state index is 11.1. The summed E-state index contributed by atoms with van der Waals surface area (Å²) in [7, 11) is 0. The molecule has 0 aromatic heterocycles. The Balaban J connectivity index is 0. The maximum Gasteiger partial charge on any atom is 0.115 e. The van der Waals surface area contributed by atoms with Gasteiger partial charge in [0.05, 0.1) is 12.2 Å². The molecule has 2 nitrogen and oxygen atoms in total. The molecule has 0 heterocycles. The van der Waals surface area contributed by atoms with Crippen LogP contribution in [0.2, 0.25) is 0 Å². The Bertz CT molecular complexity index is 60.9. The Morgan fingerprint density at radius 1 is 0.917 bits per heavy atom. The van der Waals surface area contributed by atoms with Gasteiger partial charge in [-0.2, -0.15) is 0 Å². The van der Waals surface area contributed by atoms with Crippen LogP contribution in [0.5, 0.6) is 0 Å². The van der Waals surface area contributed by atoms with Crippen molar-refractivity contribution in [2.45, 2.75) is 52.2 Å². The number of halogens is 1. The van der Waals surface area contributed by atoms with E-state index in [4.69, 9.17) is 10.2 Å². The molecule has 2 N–H and O–H groups in total. The molecule has 0 radical (unpaired) electrons. The highest BCUT2D eigenvalue weighted by Crippen LogP contribution is 1.92. The molecule has 0 amide bonds. The lowest BCUT2D eigenvalue weighted by atomic mass is 10.2. The van der Waals surface area contributed by atoms with Crippen LogP contribution in [0.4, 0.5) is 4.39 Å². The second-order valence-corrected chi connectivity index (χ2v) is 2.69. The van der Waals surface area contributed by atoms with Crippen molar-refractivity contribution < 1.29 is 14.6 Å². The van der Waals surface area contributed by atoms with Gasteiger partial charge in [0.1, 0.15) is 6.67 Å². The summed E-state index contributed by atoms with van der Waals surface area (Å²) in [5, 5.41) is 17.0. The van der Waals surface area contributed by atoms with Crippen LogP contribution in [0.15, 0.2) is 0 Å². The number of aliphatic hydroxyl groups is 2. The monoisotopic (exact) mass is 180 g/mol. The van der Waals surface area contributed by atoms with Gasteiger partial charge in [0.15, 0.2) is 0 Å². The fourth-order valence-corrected chi connectivity index (χ4v) is 0.398. The van der Waals surface area contributed by atoms with Crippen LogP contribution in [0.25, 0.3) is 0 Å². The molecule has 0 unspecified atom stereocenters. The summed E-state index contributed by atoms with van der Waals surface area (Å²) in [6.07, 6.45) is 1.48. The molecule has 0 aliphatic carbocycles. The van der Waals surface area contributed by atoms with Crippen LogP contribution in [0.3, 0.4) is 0 Å². The predicted molar refractivity (Wildman–Crippen MR) is 48.9 cm³/mol. The Kier molecular flexibility index (Phi) is 13.0. The first-order valence-corrected chi connectivity index (χ1v) is 4.54. The van der Waals surface area contributed by atoms with E-state index in [0.717, 1.165) is 12.8 Å². The predicted octanol–water partition coefficient (Wildman–Crippen LogP) is 1.89. The van der Waals surface area contributed by atoms with Crippen molar-refractivity contribution in [2.24, 2.45) is 0 Å². The molecule has 0 bridgehead atoms. The quantitative estimate of drug-likeness (QED) is 0.693. The number of alkyl halides is 1. The highest BCUT2D eigenvalue weighted by atomic mass is 19.1. The Hall–Kier alpha value is -0.150. The standard InChI is InChI=1S/C5H12O.C4H9FO/c1-3-5(6)4-2;1-2-4(6)3-5/h5-6H,3-4H2,1-2H3;4,6H,2-3H2,1H3/t;4-/m.1/s1. The third kappa shape index (κ3) is 12.5. The zero-order valence-electron chi connectivity index (χ0n) is 8.26. The van der Waals surface area contributed by atoms with E-state index in [1.807, 2.05) is 13.8 Å². The molecule has 3 heteroatoms. The van der Waals surface area contributed by atoms with Gasteiger partial charge in [0.2, 0.25) is 0 Å². The third-order valence-electron chi connectivity index (χ3n) is 1.59. The first-order chi connectivity index (χ1) is 5.62. The fraction of sp³-hybridized carbons (Fsp3) is 1.00. The van der Waals surface area contributed by atoms with E-state index in [0.29, 0.717) is 6.42 Å². The van der Waals surface area contributed by atoms with Crippen LogP contribution in [0, 0.1) is 0 Å². The van der Waals surface area contributed by atoms with Gasteiger partial charge in [0.25, 0.3) is 0 Å². The molecule has 76 valence electrons. The summed E-state index contributed by atoms with van der Waals surface area (Å²) in [5.41, 5.74) is 0. The molecule has 0 spiro atoms. The Labute approximate surface area is 74.4 Å². The largest absolute Gasteiger partial charge is 0.393 e. The maximum absolute atomic E-state index is 11.1. The minimum atomic E-state index is -0.731. The highest BCUT2D eigenvalue weighted by molar-refractivity contribution is 4.44. The number of aliphatic hydroxyl groups excluding tert-OH is 2. The molecular formula is C9H21FO2. The SMILES string of the molecule is CCC(O)CC.CC[C@@H](O)CF. The van der Waals surface area contributed by atoms with Gasteiger partial charge >= 0.3 is 0 Å². The van der Waals surface area contributed by atoms with Gasteiger partial charge in [-0.3, -0.25) is 0 Å². The molecule has 1 atom stereocenters. The molecule has 0 aromatic rings. The van der Waals surface area contributed by atoms with Crippen molar-refractivity contribution in [2.75, 3.05) is 6.67 Å². The van der Waals surface area contributed by atoms with E-state index in [1.54, 1.807) is 6.92 Å². The third-order valence-corrected chi connectivity index (χ3v) is 1.59. The molecule has 0 saturated carbocycles. The van der Waals surface area contributed by atoms with Gasteiger partial charge in [-0.15, -0.1) is 0 Å². The molecule has 0 saturated heterocycles. The van der Waals surface area contributed by atoms with Gasteiger partial charge < -0.3 is 10.2 Å². The van der Waals surface area contributed by atoms with Crippen molar-refractivity contribution in [3.05, 3.63) is 0 Å². The van der Waals surface area contributed by atoms with Gasteiger partial charge in [-0.05, 0) is 19.3 Å². The zero-order valence-corrected chi connectivity index (χ0v) is 8.26. The van der Waals surface area contributed by atoms with Crippen LogP contribution in [-0.4, -0.2) is 29.1 Å². The smallest absolute Gasteiger partial charge is 0.115 e. The molecular weight excluding hydrogens is 159 g/mol. The molecule has 0 aliphatic heterocycles. The van der Waals surface area contributed by atoms with Gasteiger partial charge in [-0.1, -0.05) is 20.8 Å². The van der Waals surface area contributed by atoms with E-state index in [-0.39, 0.29) is 6.10 Å². The van der Waals surface area contributed by atoms with Crippen molar-refractivity contribution in [3.63, 3.8) is 0 Å². The lowest BCUT2D eigenvalue weighted by Gasteiger charge is -1.98. The van der Waals surface area contributed by atoms with Crippen molar-refractivity contribution in [1.29, 1.82) is 0 Å². The van der Waals surface area contributed by atoms with Crippen molar-refractivity contribution in [3.8, 4) is 0 Å². The van der Waals surface area contributed by atoms with Crippen LogP contribution < -0.4 is 0 Å². The average molecular weight is 180 g/mol. The summed E-state index contributed by atoms with van der Waals surface area (Å²) in [6.45, 7) is 5.09. The average Bonchev–Trinajstić information content (AvgIpc) is 2.16. The lowest BCUT2D eigenvalue weighted by Crippen LogP contribution is -2.05. The number of hydrogen-bond donors (Lipinski definition) is 2. The second-order valence-electron chi connectivity index (χ2n) is 2.69. The summed E-state index contributed by atoms with van der Waals surface area (Å²) in [6, 6.07) is 0. The normalized spacial score (nSPS) is 12.2. The first-order valence-electron chi connectivity index (χ1n) is 4.54. The van der Waals surface area contributed by atoms with Gasteiger partial charge in [-0.25, -0.2) is 4.39 Å². The lowest BCUT2D eigenvalue weighted by molar-refractivity contribution is 0.136. The second kappa shape index (κ2) is 10.8. The fourth-order valence-electron chi connectivity index (χ4n) is 0.398. The molecule has 0 rings (SSSR count). The van der Waals surface area contributed by atoms with E-state index < -0.39 is 12.8 Å². The Morgan fingerprint density at radius 3 is 1.25 bits per heavy atom.